The van der Waals surface area contributed by atoms with Crippen LogP contribution in [0.5, 0.6) is 0 Å². The molecule has 166 valence electrons. The summed E-state index contributed by atoms with van der Waals surface area (Å²) in [5.41, 5.74) is 2.82. The number of aromatic carboxylic acids is 1. The summed E-state index contributed by atoms with van der Waals surface area (Å²) in [4.78, 5) is 15.5. The van der Waals surface area contributed by atoms with Crippen LogP contribution < -0.4 is 0 Å². The average Bonchev–Trinajstić information content (AvgIpc) is 3.36. The molecule has 0 fully saturated rings. The van der Waals surface area contributed by atoms with Gasteiger partial charge in [0.2, 0.25) is 0 Å². The summed E-state index contributed by atoms with van der Waals surface area (Å²) < 4.78 is 25.3. The van der Waals surface area contributed by atoms with Crippen molar-refractivity contribution in [3.63, 3.8) is 0 Å². The molecule has 1 atom stereocenters. The van der Waals surface area contributed by atoms with Crippen LogP contribution in [0.25, 0.3) is 0 Å². The van der Waals surface area contributed by atoms with Gasteiger partial charge in [-0.25, -0.2) is 13.2 Å². The Morgan fingerprint density at radius 2 is 1.74 bits per heavy atom. The van der Waals surface area contributed by atoms with Crippen LogP contribution in [0.2, 0.25) is 0 Å². The van der Waals surface area contributed by atoms with Crippen LogP contribution in [-0.2, 0) is 32.8 Å². The van der Waals surface area contributed by atoms with Gasteiger partial charge in [-0.15, -0.1) is 11.3 Å². The lowest BCUT2D eigenvalue weighted by Crippen LogP contribution is -2.38. The molecule has 0 bridgehead atoms. The highest BCUT2D eigenvalue weighted by atomic mass is 32.2. The van der Waals surface area contributed by atoms with E-state index in [2.05, 4.69) is 37.9 Å². The number of sulfone groups is 1. The maximum absolute atomic E-state index is 13.2. The van der Waals surface area contributed by atoms with E-state index in [-0.39, 0.29) is 10.3 Å². The second-order valence-corrected chi connectivity index (χ2v) is 12.5. The average molecular weight is 460 g/mol. The van der Waals surface area contributed by atoms with Gasteiger partial charge in [-0.1, -0.05) is 45.0 Å². The molecule has 0 aliphatic heterocycles. The minimum absolute atomic E-state index is 0.0208. The SMILES string of the molecule is CC(C)(C)c1ccc(CC(CCc2ccc(C(=O)O)s2)(c2ccc[nH]2)S(C)(=O)=O)cc1. The van der Waals surface area contributed by atoms with E-state index >= 15 is 0 Å². The molecule has 0 radical (unpaired) electrons. The van der Waals surface area contributed by atoms with Gasteiger partial charge in [0.25, 0.3) is 0 Å². The summed E-state index contributed by atoms with van der Waals surface area (Å²) in [6.07, 6.45) is 4.20. The van der Waals surface area contributed by atoms with E-state index in [1.54, 1.807) is 18.3 Å². The van der Waals surface area contributed by atoms with Gasteiger partial charge in [0, 0.05) is 23.0 Å². The lowest BCUT2D eigenvalue weighted by Gasteiger charge is -2.32. The fraction of sp³-hybridized carbons (Fsp3) is 0.375. The van der Waals surface area contributed by atoms with E-state index in [0.717, 1.165) is 10.4 Å². The molecular weight excluding hydrogens is 430 g/mol. The fourth-order valence-electron chi connectivity index (χ4n) is 3.85. The third-order valence-corrected chi connectivity index (χ3v) is 8.88. The Bertz CT molecular complexity index is 1140. The van der Waals surface area contributed by atoms with Gasteiger partial charge in [0.15, 0.2) is 9.84 Å². The molecule has 2 heterocycles. The van der Waals surface area contributed by atoms with Crippen LogP contribution in [0.1, 0.15) is 58.6 Å². The zero-order valence-corrected chi connectivity index (χ0v) is 19.9. The molecule has 5 nitrogen and oxygen atoms in total. The second kappa shape index (κ2) is 8.63. The van der Waals surface area contributed by atoms with Crippen molar-refractivity contribution in [3.8, 4) is 0 Å². The van der Waals surface area contributed by atoms with Gasteiger partial charge in [-0.2, -0.15) is 0 Å². The number of nitrogens with one attached hydrogen (secondary N) is 1. The Morgan fingerprint density at radius 1 is 1.06 bits per heavy atom. The van der Waals surface area contributed by atoms with E-state index in [4.69, 9.17) is 0 Å². The summed E-state index contributed by atoms with van der Waals surface area (Å²) in [7, 11) is -3.51. The van der Waals surface area contributed by atoms with Crippen molar-refractivity contribution in [1.29, 1.82) is 0 Å². The number of aryl methyl sites for hydroxylation is 1. The van der Waals surface area contributed by atoms with Crippen LogP contribution in [0.15, 0.2) is 54.7 Å². The molecule has 0 aliphatic carbocycles. The number of hydrogen-bond acceptors (Lipinski definition) is 4. The number of aromatic nitrogens is 1. The summed E-state index contributed by atoms with van der Waals surface area (Å²) >= 11 is 1.20. The van der Waals surface area contributed by atoms with Crippen molar-refractivity contribution >= 4 is 27.1 Å². The quantitative estimate of drug-likeness (QED) is 0.485. The first-order valence-electron chi connectivity index (χ1n) is 10.2. The predicted octanol–water partition coefficient (Wildman–Crippen LogP) is 5.19. The maximum Gasteiger partial charge on any atom is 0.345 e. The first-order valence-corrected chi connectivity index (χ1v) is 12.9. The summed E-state index contributed by atoms with van der Waals surface area (Å²) in [6.45, 7) is 6.44. The molecule has 31 heavy (non-hydrogen) atoms. The van der Waals surface area contributed by atoms with E-state index in [1.165, 1.54) is 23.2 Å². The van der Waals surface area contributed by atoms with Crippen molar-refractivity contribution in [3.05, 3.63) is 81.3 Å². The minimum Gasteiger partial charge on any atom is -0.477 e. The number of thiophene rings is 1. The van der Waals surface area contributed by atoms with Gasteiger partial charge < -0.3 is 10.1 Å². The van der Waals surface area contributed by atoms with Gasteiger partial charge in [-0.05, 0) is 60.1 Å². The Hall–Kier alpha value is -2.38. The molecule has 7 heteroatoms. The van der Waals surface area contributed by atoms with Crippen molar-refractivity contribution in [2.24, 2.45) is 0 Å². The third kappa shape index (κ3) is 5.10. The topological polar surface area (TPSA) is 87.2 Å². The highest BCUT2D eigenvalue weighted by Crippen LogP contribution is 2.38. The second-order valence-electron chi connectivity index (χ2n) is 9.05. The molecule has 2 aromatic heterocycles. The normalized spacial score (nSPS) is 14.3. The maximum atomic E-state index is 13.2. The molecule has 0 aliphatic rings. The molecule has 0 spiro atoms. The molecule has 1 unspecified atom stereocenters. The standard InChI is InChI=1S/C24H29NO4S2/c1-23(2,3)18-9-7-17(8-10-18)16-24(31(4,28)29,21-6-5-15-25-21)14-13-19-11-12-20(30-19)22(26)27/h5-12,15,25H,13-14,16H2,1-4H3,(H,26,27). The number of aromatic amines is 1. The lowest BCUT2D eigenvalue weighted by atomic mass is 9.85. The van der Waals surface area contributed by atoms with Crippen molar-refractivity contribution < 1.29 is 18.3 Å². The summed E-state index contributed by atoms with van der Waals surface area (Å²) in [6, 6.07) is 15.1. The van der Waals surface area contributed by atoms with Crippen molar-refractivity contribution in [1.82, 2.24) is 4.98 Å². The van der Waals surface area contributed by atoms with E-state index in [0.29, 0.717) is 25.0 Å². The minimum atomic E-state index is -3.51. The molecule has 2 N–H and O–H groups in total. The van der Waals surface area contributed by atoms with Gasteiger partial charge in [0.1, 0.15) is 9.62 Å². The predicted molar refractivity (Wildman–Crippen MR) is 126 cm³/mol. The Balaban J connectivity index is 1.98. The number of rotatable bonds is 8. The zero-order valence-electron chi connectivity index (χ0n) is 18.3. The first-order chi connectivity index (χ1) is 14.4. The zero-order chi connectivity index (χ0) is 22.9. The number of carboxylic acid groups (broad SMARTS) is 1. The van der Waals surface area contributed by atoms with E-state index < -0.39 is 20.6 Å². The molecule has 1 aromatic carbocycles. The number of H-pyrrole nitrogens is 1. The Kier molecular flexibility index (Phi) is 6.48. The smallest absolute Gasteiger partial charge is 0.345 e. The van der Waals surface area contributed by atoms with Crippen LogP contribution in [-0.4, -0.2) is 30.7 Å². The van der Waals surface area contributed by atoms with Crippen LogP contribution in [0.4, 0.5) is 0 Å². The summed E-state index contributed by atoms with van der Waals surface area (Å²) in [5.74, 6) is -0.964. The van der Waals surface area contributed by atoms with Crippen LogP contribution >= 0.6 is 11.3 Å². The monoisotopic (exact) mass is 459 g/mol. The highest BCUT2D eigenvalue weighted by molar-refractivity contribution is 7.91. The number of hydrogen-bond donors (Lipinski definition) is 2. The van der Waals surface area contributed by atoms with Gasteiger partial charge in [0.05, 0.1) is 0 Å². The van der Waals surface area contributed by atoms with Gasteiger partial charge >= 0.3 is 5.97 Å². The Morgan fingerprint density at radius 3 is 2.23 bits per heavy atom. The third-order valence-electron chi connectivity index (χ3n) is 5.76. The molecule has 0 saturated heterocycles. The summed E-state index contributed by atoms with van der Waals surface area (Å²) in [5, 5.41) is 9.19. The van der Waals surface area contributed by atoms with Crippen molar-refractivity contribution in [2.75, 3.05) is 6.26 Å². The lowest BCUT2D eigenvalue weighted by molar-refractivity contribution is 0.0702. The fourth-order valence-corrected chi connectivity index (χ4v) is 6.13. The number of benzene rings is 1. The first kappa shape index (κ1) is 23.3. The van der Waals surface area contributed by atoms with Crippen molar-refractivity contribution in [2.45, 2.75) is 50.2 Å². The van der Waals surface area contributed by atoms with E-state index in [9.17, 15) is 18.3 Å². The van der Waals surface area contributed by atoms with Crippen LogP contribution in [0, 0.1) is 0 Å². The molecule has 0 amide bonds. The number of carbonyl (C=O) groups is 1. The molecule has 3 rings (SSSR count). The Labute approximate surface area is 188 Å². The molecule has 0 saturated carbocycles. The molecule has 3 aromatic rings. The molecular formula is C24H29NO4S2. The highest BCUT2D eigenvalue weighted by Gasteiger charge is 2.43. The van der Waals surface area contributed by atoms with E-state index in [1.807, 2.05) is 24.3 Å². The largest absolute Gasteiger partial charge is 0.477 e. The van der Waals surface area contributed by atoms with Crippen LogP contribution in [0.3, 0.4) is 0 Å². The number of carboxylic acids is 1. The van der Waals surface area contributed by atoms with Gasteiger partial charge in [-0.3, -0.25) is 0 Å².